The molecular formula is C22H28N2O. The van der Waals surface area contributed by atoms with Crippen LogP contribution in [0.25, 0.3) is 0 Å². The highest BCUT2D eigenvalue weighted by molar-refractivity contribution is 5.94. The summed E-state index contributed by atoms with van der Waals surface area (Å²) in [6, 6.07) is 16.6. The molecule has 1 unspecified atom stereocenters. The molecule has 1 amide bonds. The van der Waals surface area contributed by atoms with E-state index in [0.29, 0.717) is 12.5 Å². The van der Waals surface area contributed by atoms with Crippen LogP contribution in [0.4, 0.5) is 0 Å². The smallest absolute Gasteiger partial charge is 0.251 e. The van der Waals surface area contributed by atoms with E-state index in [0.717, 1.165) is 25.1 Å². The van der Waals surface area contributed by atoms with Gasteiger partial charge in [0.15, 0.2) is 0 Å². The fourth-order valence-electron chi connectivity index (χ4n) is 3.63. The highest BCUT2D eigenvalue weighted by atomic mass is 16.1. The molecule has 1 aliphatic rings. The summed E-state index contributed by atoms with van der Waals surface area (Å²) in [4.78, 5) is 15.0. The molecule has 1 N–H and O–H groups in total. The van der Waals surface area contributed by atoms with Gasteiger partial charge in [0.25, 0.3) is 5.91 Å². The fourth-order valence-corrected chi connectivity index (χ4v) is 3.63. The summed E-state index contributed by atoms with van der Waals surface area (Å²) in [5.41, 5.74) is 4.67. The maximum Gasteiger partial charge on any atom is 0.251 e. The summed E-state index contributed by atoms with van der Waals surface area (Å²) in [7, 11) is 0. The van der Waals surface area contributed by atoms with Gasteiger partial charge in [-0.05, 0) is 42.5 Å². The maximum atomic E-state index is 12.5. The van der Waals surface area contributed by atoms with Crippen LogP contribution in [0.2, 0.25) is 0 Å². The molecule has 0 spiro atoms. The Labute approximate surface area is 151 Å². The average Bonchev–Trinajstić information content (AvgIpc) is 2.60. The summed E-state index contributed by atoms with van der Waals surface area (Å²) in [5, 5.41) is 3.15. The van der Waals surface area contributed by atoms with E-state index in [-0.39, 0.29) is 11.9 Å². The second-order valence-corrected chi connectivity index (χ2v) is 7.43. The molecule has 1 atom stereocenters. The Morgan fingerprint density at radius 3 is 2.60 bits per heavy atom. The molecule has 0 bridgehead atoms. The van der Waals surface area contributed by atoms with E-state index in [4.69, 9.17) is 0 Å². The van der Waals surface area contributed by atoms with E-state index in [2.05, 4.69) is 48.3 Å². The zero-order chi connectivity index (χ0) is 17.8. The molecule has 0 saturated heterocycles. The van der Waals surface area contributed by atoms with Crippen molar-refractivity contribution in [3.63, 3.8) is 0 Å². The van der Waals surface area contributed by atoms with E-state index in [1.54, 1.807) is 0 Å². The normalized spacial score (nSPS) is 17.4. The van der Waals surface area contributed by atoms with Crippen LogP contribution >= 0.6 is 0 Å². The van der Waals surface area contributed by atoms with E-state index in [9.17, 15) is 4.79 Å². The number of hydrogen-bond donors (Lipinski definition) is 1. The molecule has 0 aromatic heterocycles. The van der Waals surface area contributed by atoms with Gasteiger partial charge >= 0.3 is 0 Å². The molecule has 1 heterocycles. The standard InChI is InChI=1S/C22H28N2O/c1-16(2)15-24-13-12-18-6-4-5-7-20(18)21(24)14-23-22(25)19-10-8-17(3)9-11-19/h4-11,16,21H,12-15H2,1-3H3,(H,23,25). The quantitative estimate of drug-likeness (QED) is 0.896. The third kappa shape index (κ3) is 4.29. The van der Waals surface area contributed by atoms with Crippen LogP contribution in [0.5, 0.6) is 0 Å². The summed E-state index contributed by atoms with van der Waals surface area (Å²) >= 11 is 0. The number of amides is 1. The van der Waals surface area contributed by atoms with Crippen molar-refractivity contribution >= 4 is 5.91 Å². The lowest BCUT2D eigenvalue weighted by Crippen LogP contribution is -2.43. The Hall–Kier alpha value is -2.13. The largest absolute Gasteiger partial charge is 0.350 e. The summed E-state index contributed by atoms with van der Waals surface area (Å²) in [6.07, 6.45) is 1.09. The van der Waals surface area contributed by atoms with E-state index >= 15 is 0 Å². The Morgan fingerprint density at radius 1 is 1.16 bits per heavy atom. The third-order valence-electron chi connectivity index (χ3n) is 4.89. The molecule has 3 nitrogen and oxygen atoms in total. The summed E-state index contributed by atoms with van der Waals surface area (Å²) in [6.45, 7) is 9.30. The van der Waals surface area contributed by atoms with Crippen LogP contribution in [0.3, 0.4) is 0 Å². The molecule has 0 fully saturated rings. The molecule has 1 aliphatic heterocycles. The van der Waals surface area contributed by atoms with Crippen molar-refractivity contribution < 1.29 is 4.79 Å². The third-order valence-corrected chi connectivity index (χ3v) is 4.89. The maximum absolute atomic E-state index is 12.5. The van der Waals surface area contributed by atoms with Gasteiger partial charge in [-0.25, -0.2) is 0 Å². The number of rotatable bonds is 5. The molecule has 3 heteroatoms. The Morgan fingerprint density at radius 2 is 1.88 bits per heavy atom. The van der Waals surface area contributed by atoms with Crippen LogP contribution in [0, 0.1) is 12.8 Å². The van der Waals surface area contributed by atoms with Crippen LogP contribution < -0.4 is 5.32 Å². The SMILES string of the molecule is Cc1ccc(C(=O)NCC2c3ccccc3CCN2CC(C)C)cc1. The second kappa shape index (κ2) is 7.83. The molecule has 2 aromatic carbocycles. The zero-order valence-corrected chi connectivity index (χ0v) is 15.5. The van der Waals surface area contributed by atoms with Crippen molar-refractivity contribution in [2.75, 3.05) is 19.6 Å². The van der Waals surface area contributed by atoms with Crippen molar-refractivity contribution in [3.8, 4) is 0 Å². The molecule has 25 heavy (non-hydrogen) atoms. The van der Waals surface area contributed by atoms with Gasteiger partial charge in [-0.15, -0.1) is 0 Å². The first-order chi connectivity index (χ1) is 12.0. The van der Waals surface area contributed by atoms with E-state index in [1.807, 2.05) is 31.2 Å². The van der Waals surface area contributed by atoms with Gasteiger partial charge in [0.2, 0.25) is 0 Å². The molecule has 0 saturated carbocycles. The van der Waals surface area contributed by atoms with Gasteiger partial charge in [-0.1, -0.05) is 55.8 Å². The number of carbonyl (C=O) groups excluding carboxylic acids is 1. The van der Waals surface area contributed by atoms with Crippen molar-refractivity contribution in [2.45, 2.75) is 33.2 Å². The lowest BCUT2D eigenvalue weighted by atomic mass is 9.91. The van der Waals surface area contributed by atoms with Crippen LogP contribution in [0.1, 0.15) is 46.9 Å². The van der Waals surface area contributed by atoms with Gasteiger partial charge in [0.1, 0.15) is 0 Å². The van der Waals surface area contributed by atoms with Crippen molar-refractivity contribution in [1.29, 1.82) is 0 Å². The van der Waals surface area contributed by atoms with E-state index in [1.165, 1.54) is 16.7 Å². The predicted octanol–water partition coefficient (Wildman–Crippen LogP) is 3.98. The summed E-state index contributed by atoms with van der Waals surface area (Å²) in [5.74, 6) is 0.619. The Balaban J connectivity index is 1.75. The highest BCUT2D eigenvalue weighted by Gasteiger charge is 2.27. The molecular weight excluding hydrogens is 308 g/mol. The number of nitrogens with zero attached hydrogens (tertiary/aromatic N) is 1. The van der Waals surface area contributed by atoms with Crippen molar-refractivity contribution in [1.82, 2.24) is 10.2 Å². The molecule has 132 valence electrons. The van der Waals surface area contributed by atoms with Crippen molar-refractivity contribution in [3.05, 3.63) is 70.8 Å². The topological polar surface area (TPSA) is 32.3 Å². The fraction of sp³-hybridized carbons (Fsp3) is 0.409. The second-order valence-electron chi connectivity index (χ2n) is 7.43. The van der Waals surface area contributed by atoms with Gasteiger partial charge in [-0.2, -0.15) is 0 Å². The minimum atomic E-state index is 0.00699. The highest BCUT2D eigenvalue weighted by Crippen LogP contribution is 2.29. The van der Waals surface area contributed by atoms with Gasteiger partial charge < -0.3 is 5.32 Å². The van der Waals surface area contributed by atoms with Gasteiger partial charge in [0, 0.05) is 25.2 Å². The number of aryl methyl sites for hydroxylation is 1. The summed E-state index contributed by atoms with van der Waals surface area (Å²) < 4.78 is 0. The Bertz CT molecular complexity index is 721. The average molecular weight is 336 g/mol. The van der Waals surface area contributed by atoms with Crippen LogP contribution in [0.15, 0.2) is 48.5 Å². The first-order valence-electron chi connectivity index (χ1n) is 9.21. The minimum absolute atomic E-state index is 0.00699. The first-order valence-corrected chi connectivity index (χ1v) is 9.21. The van der Waals surface area contributed by atoms with Gasteiger partial charge in [0.05, 0.1) is 6.04 Å². The zero-order valence-electron chi connectivity index (χ0n) is 15.5. The number of nitrogens with one attached hydrogen (secondary N) is 1. The molecule has 0 aliphatic carbocycles. The number of fused-ring (bicyclic) bond motifs is 1. The Kier molecular flexibility index (Phi) is 5.54. The first kappa shape index (κ1) is 17.7. The number of hydrogen-bond acceptors (Lipinski definition) is 2. The van der Waals surface area contributed by atoms with Gasteiger partial charge in [-0.3, -0.25) is 9.69 Å². The molecule has 0 radical (unpaired) electrons. The van der Waals surface area contributed by atoms with Crippen LogP contribution in [-0.4, -0.2) is 30.4 Å². The van der Waals surface area contributed by atoms with Crippen LogP contribution in [-0.2, 0) is 6.42 Å². The lowest BCUT2D eigenvalue weighted by molar-refractivity contribution is 0.0924. The van der Waals surface area contributed by atoms with Crippen molar-refractivity contribution in [2.24, 2.45) is 5.92 Å². The predicted molar refractivity (Wildman–Crippen MR) is 103 cm³/mol. The lowest BCUT2D eigenvalue weighted by Gasteiger charge is -2.38. The molecule has 2 aromatic rings. The monoisotopic (exact) mass is 336 g/mol. The minimum Gasteiger partial charge on any atom is -0.350 e. The number of benzene rings is 2. The number of carbonyl (C=O) groups is 1. The van der Waals surface area contributed by atoms with E-state index < -0.39 is 0 Å². The molecule has 3 rings (SSSR count).